The second kappa shape index (κ2) is 8.66. The van der Waals surface area contributed by atoms with Gasteiger partial charge in [-0.15, -0.1) is 11.3 Å². The van der Waals surface area contributed by atoms with Gasteiger partial charge in [0.15, 0.2) is 5.13 Å². The summed E-state index contributed by atoms with van der Waals surface area (Å²) in [6.45, 7) is 5.12. The first-order chi connectivity index (χ1) is 14.1. The number of hydrogen-bond donors (Lipinski definition) is 1. The molecule has 0 unspecified atom stereocenters. The Balaban J connectivity index is 1.81. The van der Waals surface area contributed by atoms with E-state index in [-0.39, 0.29) is 5.91 Å². The van der Waals surface area contributed by atoms with Crippen LogP contribution >= 0.6 is 34.3 Å². The third-order valence-electron chi connectivity index (χ3n) is 4.49. The highest BCUT2D eigenvalue weighted by Crippen LogP contribution is 2.44. The molecule has 4 heterocycles. The molecule has 0 atom stereocenters. The fourth-order valence-electron chi connectivity index (χ4n) is 3.15. The number of thiazole rings is 1. The summed E-state index contributed by atoms with van der Waals surface area (Å²) in [7, 11) is 1.55. The molecule has 0 aliphatic carbocycles. The lowest BCUT2D eigenvalue weighted by molar-refractivity contribution is -0.115. The average Bonchev–Trinajstić information content (AvgIpc) is 3.35. The Kier molecular flexibility index (Phi) is 6.00. The van der Waals surface area contributed by atoms with E-state index in [1.807, 2.05) is 11.4 Å². The van der Waals surface area contributed by atoms with Gasteiger partial charge in [0.1, 0.15) is 10.7 Å². The van der Waals surface area contributed by atoms with Gasteiger partial charge in [0.25, 0.3) is 0 Å². The topological polar surface area (TPSA) is 70.6 Å². The Morgan fingerprint density at radius 3 is 2.79 bits per heavy atom. The summed E-state index contributed by atoms with van der Waals surface area (Å²) in [5, 5.41) is 7.62. The number of hydrogen-bond acceptors (Lipinski definition) is 8. The molecule has 0 spiro atoms. The predicted molar refractivity (Wildman–Crippen MR) is 119 cm³/mol. The molecule has 7 nitrogen and oxygen atoms in total. The van der Waals surface area contributed by atoms with E-state index in [1.165, 1.54) is 18.3 Å². The fraction of sp³-hybridized carbons (Fsp3) is 0.316. The number of anilines is 3. The van der Waals surface area contributed by atoms with Crippen molar-refractivity contribution in [3.05, 3.63) is 34.8 Å². The van der Waals surface area contributed by atoms with Gasteiger partial charge in [-0.3, -0.25) is 9.69 Å². The number of methoxy groups -OCH3 is 1. The molecule has 1 saturated heterocycles. The van der Waals surface area contributed by atoms with E-state index in [0.29, 0.717) is 21.7 Å². The van der Waals surface area contributed by atoms with Crippen LogP contribution in [0.5, 0.6) is 5.88 Å². The normalized spacial score (nSPS) is 14.1. The lowest BCUT2D eigenvalue weighted by Crippen LogP contribution is -2.43. The fourth-order valence-corrected chi connectivity index (χ4v) is 5.48. The summed E-state index contributed by atoms with van der Waals surface area (Å²) in [6, 6.07) is 5.43. The van der Waals surface area contributed by atoms with Crippen LogP contribution in [0.1, 0.15) is 6.92 Å². The number of piperazine rings is 1. The molecule has 1 aliphatic heterocycles. The third-order valence-corrected chi connectivity index (χ3v) is 6.88. The number of nitrogens with one attached hydrogen (secondary N) is 1. The first-order valence-electron chi connectivity index (χ1n) is 9.08. The van der Waals surface area contributed by atoms with Gasteiger partial charge in [-0.05, 0) is 12.1 Å². The predicted octanol–water partition coefficient (Wildman–Crippen LogP) is 4.02. The standard InChI is InChI=1S/C19H20ClN5O2S2/c1-12(26)25(14-3-4-22-16(10-14)27-2)19-23-17(15-9-13(20)11-28-15)18(29-19)24-7-5-21-6-8-24/h3-4,9-11,21H,5-8H2,1-2H3. The van der Waals surface area contributed by atoms with Crippen LogP contribution in [0.2, 0.25) is 5.02 Å². The highest BCUT2D eigenvalue weighted by molar-refractivity contribution is 7.21. The van der Waals surface area contributed by atoms with E-state index in [4.69, 9.17) is 21.3 Å². The van der Waals surface area contributed by atoms with Crippen LogP contribution in [0.3, 0.4) is 0 Å². The highest BCUT2D eigenvalue weighted by atomic mass is 35.5. The number of amides is 1. The number of carbonyl (C=O) groups is 1. The van der Waals surface area contributed by atoms with Gasteiger partial charge in [0.2, 0.25) is 11.8 Å². The zero-order valence-corrected chi connectivity index (χ0v) is 18.4. The molecular weight excluding hydrogens is 430 g/mol. The summed E-state index contributed by atoms with van der Waals surface area (Å²) in [5.41, 5.74) is 1.52. The third kappa shape index (κ3) is 4.23. The van der Waals surface area contributed by atoms with E-state index < -0.39 is 0 Å². The molecule has 29 heavy (non-hydrogen) atoms. The van der Waals surface area contributed by atoms with Gasteiger partial charge in [-0.2, -0.15) is 0 Å². The molecule has 4 rings (SSSR count). The van der Waals surface area contributed by atoms with Crippen molar-refractivity contribution in [1.29, 1.82) is 0 Å². The smallest absolute Gasteiger partial charge is 0.230 e. The Morgan fingerprint density at radius 1 is 1.34 bits per heavy atom. The number of carbonyl (C=O) groups excluding carboxylic acids is 1. The molecule has 1 amide bonds. The summed E-state index contributed by atoms with van der Waals surface area (Å²) in [6.07, 6.45) is 1.62. The van der Waals surface area contributed by atoms with Gasteiger partial charge in [0, 0.05) is 50.7 Å². The zero-order chi connectivity index (χ0) is 20.4. The molecule has 1 fully saturated rings. The lowest BCUT2D eigenvalue weighted by atomic mass is 10.3. The average molecular weight is 450 g/mol. The van der Waals surface area contributed by atoms with Crippen molar-refractivity contribution >= 4 is 56.0 Å². The Hall–Kier alpha value is -2.20. The van der Waals surface area contributed by atoms with Gasteiger partial charge in [0.05, 0.1) is 22.7 Å². The largest absolute Gasteiger partial charge is 0.481 e. The molecule has 3 aromatic heterocycles. The Labute approximate surface area is 181 Å². The van der Waals surface area contributed by atoms with E-state index in [1.54, 1.807) is 41.7 Å². The van der Waals surface area contributed by atoms with Crippen LogP contribution < -0.4 is 19.9 Å². The molecule has 0 bridgehead atoms. The monoisotopic (exact) mass is 449 g/mol. The minimum absolute atomic E-state index is 0.130. The van der Waals surface area contributed by atoms with E-state index in [0.717, 1.165) is 41.8 Å². The van der Waals surface area contributed by atoms with Gasteiger partial charge < -0.3 is 15.0 Å². The highest BCUT2D eigenvalue weighted by Gasteiger charge is 2.26. The number of ether oxygens (including phenoxy) is 1. The Bertz CT molecular complexity index is 1020. The lowest BCUT2D eigenvalue weighted by Gasteiger charge is -2.28. The molecule has 3 aromatic rings. The van der Waals surface area contributed by atoms with Gasteiger partial charge >= 0.3 is 0 Å². The molecule has 0 aromatic carbocycles. The van der Waals surface area contributed by atoms with Crippen LogP contribution in [-0.4, -0.2) is 49.2 Å². The van der Waals surface area contributed by atoms with Crippen molar-refractivity contribution in [2.75, 3.05) is 43.1 Å². The second-order valence-corrected chi connectivity index (χ2v) is 8.73. The maximum absolute atomic E-state index is 12.6. The summed E-state index contributed by atoms with van der Waals surface area (Å²) in [4.78, 5) is 26.5. The zero-order valence-electron chi connectivity index (χ0n) is 16.0. The molecule has 1 aliphatic rings. The molecule has 1 N–H and O–H groups in total. The van der Waals surface area contributed by atoms with Gasteiger partial charge in [-0.1, -0.05) is 22.9 Å². The summed E-state index contributed by atoms with van der Waals surface area (Å²) < 4.78 is 5.22. The number of aromatic nitrogens is 2. The summed E-state index contributed by atoms with van der Waals surface area (Å²) in [5.74, 6) is 0.313. The van der Waals surface area contributed by atoms with Crippen molar-refractivity contribution in [1.82, 2.24) is 15.3 Å². The molecule has 0 radical (unpaired) electrons. The minimum Gasteiger partial charge on any atom is -0.481 e. The quantitative estimate of drug-likeness (QED) is 0.634. The molecule has 152 valence electrons. The molecular formula is C19H20ClN5O2S2. The number of rotatable bonds is 5. The van der Waals surface area contributed by atoms with Gasteiger partial charge in [-0.25, -0.2) is 9.97 Å². The number of halogens is 1. The number of nitrogens with zero attached hydrogens (tertiary/aromatic N) is 4. The first-order valence-corrected chi connectivity index (χ1v) is 11.2. The van der Waals surface area contributed by atoms with Crippen molar-refractivity contribution in [2.24, 2.45) is 0 Å². The SMILES string of the molecule is COc1cc(N(C(C)=O)c2nc(-c3cc(Cl)cs3)c(N3CCNCC3)s2)ccn1. The molecule has 0 saturated carbocycles. The van der Waals surface area contributed by atoms with Crippen molar-refractivity contribution in [3.63, 3.8) is 0 Å². The maximum atomic E-state index is 12.6. The second-order valence-electron chi connectivity index (χ2n) is 6.43. The van der Waals surface area contributed by atoms with Crippen molar-refractivity contribution in [2.45, 2.75) is 6.92 Å². The van der Waals surface area contributed by atoms with Crippen LogP contribution in [0.15, 0.2) is 29.8 Å². The van der Waals surface area contributed by atoms with E-state index >= 15 is 0 Å². The van der Waals surface area contributed by atoms with Crippen molar-refractivity contribution < 1.29 is 9.53 Å². The van der Waals surface area contributed by atoms with Crippen LogP contribution in [0.4, 0.5) is 15.8 Å². The number of thiophene rings is 1. The van der Waals surface area contributed by atoms with Crippen LogP contribution in [0, 0.1) is 0 Å². The van der Waals surface area contributed by atoms with Crippen LogP contribution in [-0.2, 0) is 4.79 Å². The van der Waals surface area contributed by atoms with E-state index in [2.05, 4.69) is 15.2 Å². The summed E-state index contributed by atoms with van der Waals surface area (Å²) >= 11 is 9.24. The maximum Gasteiger partial charge on any atom is 0.230 e. The Morgan fingerprint density at radius 2 is 2.14 bits per heavy atom. The first kappa shape index (κ1) is 20.1. The molecule has 10 heteroatoms. The minimum atomic E-state index is -0.130. The van der Waals surface area contributed by atoms with E-state index in [9.17, 15) is 4.79 Å². The van der Waals surface area contributed by atoms with Crippen molar-refractivity contribution in [3.8, 4) is 16.5 Å². The number of pyridine rings is 1. The van der Waals surface area contributed by atoms with Crippen LogP contribution in [0.25, 0.3) is 10.6 Å².